The summed E-state index contributed by atoms with van der Waals surface area (Å²) in [5.41, 5.74) is 3.11. The van der Waals surface area contributed by atoms with Gasteiger partial charge in [-0.25, -0.2) is 4.79 Å². The molecular formula is C31H39N5O3. The van der Waals surface area contributed by atoms with Gasteiger partial charge in [0.1, 0.15) is 5.54 Å². The first-order chi connectivity index (χ1) is 18.7. The van der Waals surface area contributed by atoms with Crippen molar-refractivity contribution < 1.29 is 14.7 Å². The molecule has 3 aromatic rings. The first-order valence-corrected chi connectivity index (χ1v) is 13.3. The second kappa shape index (κ2) is 12.8. The lowest BCUT2D eigenvalue weighted by atomic mass is 9.97. The molecule has 4 rings (SSSR count). The summed E-state index contributed by atoms with van der Waals surface area (Å²) in [6.07, 6.45) is -0.379. The van der Waals surface area contributed by atoms with Crippen molar-refractivity contribution >= 4 is 17.6 Å². The second-order valence-electron chi connectivity index (χ2n) is 10.6. The van der Waals surface area contributed by atoms with Crippen molar-refractivity contribution in [1.82, 2.24) is 20.9 Å². The van der Waals surface area contributed by atoms with Crippen LogP contribution in [-0.4, -0.2) is 66.8 Å². The Morgan fingerprint density at radius 2 is 1.64 bits per heavy atom. The normalized spacial score (nSPS) is 18.4. The Morgan fingerprint density at radius 1 is 1.00 bits per heavy atom. The van der Waals surface area contributed by atoms with E-state index in [0.29, 0.717) is 26.1 Å². The summed E-state index contributed by atoms with van der Waals surface area (Å²) in [5, 5.41) is 20.4. The Bertz CT molecular complexity index is 1240. The third-order valence-electron chi connectivity index (χ3n) is 7.08. The minimum Gasteiger partial charge on any atom is -0.390 e. The van der Waals surface area contributed by atoms with E-state index >= 15 is 0 Å². The van der Waals surface area contributed by atoms with Gasteiger partial charge in [0.05, 0.1) is 18.7 Å². The zero-order valence-corrected chi connectivity index (χ0v) is 22.9. The highest BCUT2D eigenvalue weighted by Gasteiger charge is 2.45. The van der Waals surface area contributed by atoms with Crippen LogP contribution in [0.15, 0.2) is 84.9 Å². The first kappa shape index (κ1) is 28.1. The molecule has 0 spiro atoms. The number of carbonyl (C=O) groups excluding carboxylic acids is 2. The number of aliphatic hydroxyl groups excluding tert-OH is 1. The van der Waals surface area contributed by atoms with Crippen LogP contribution >= 0.6 is 0 Å². The van der Waals surface area contributed by atoms with Gasteiger partial charge in [-0.2, -0.15) is 0 Å². The molecule has 0 radical (unpaired) electrons. The van der Waals surface area contributed by atoms with E-state index in [-0.39, 0.29) is 18.5 Å². The summed E-state index contributed by atoms with van der Waals surface area (Å²) in [5.74, 6) is -0.315. The van der Waals surface area contributed by atoms with E-state index in [1.54, 1.807) is 11.8 Å². The maximum Gasteiger partial charge on any atom is 0.318 e. The molecule has 1 aliphatic heterocycles. The van der Waals surface area contributed by atoms with Crippen molar-refractivity contribution in [3.63, 3.8) is 0 Å². The Kier molecular flexibility index (Phi) is 9.22. The Labute approximate surface area is 231 Å². The van der Waals surface area contributed by atoms with Crippen LogP contribution in [0, 0.1) is 0 Å². The van der Waals surface area contributed by atoms with E-state index in [9.17, 15) is 14.7 Å². The monoisotopic (exact) mass is 529 g/mol. The molecule has 8 heteroatoms. The van der Waals surface area contributed by atoms with Gasteiger partial charge >= 0.3 is 6.03 Å². The van der Waals surface area contributed by atoms with E-state index in [1.807, 2.05) is 97.9 Å². The molecule has 4 N–H and O–H groups in total. The summed E-state index contributed by atoms with van der Waals surface area (Å²) >= 11 is 0. The van der Waals surface area contributed by atoms with Gasteiger partial charge in [0.2, 0.25) is 5.91 Å². The highest BCUT2D eigenvalue weighted by atomic mass is 16.3. The number of rotatable bonds is 12. The molecule has 1 aliphatic rings. The molecule has 0 aromatic heterocycles. The summed E-state index contributed by atoms with van der Waals surface area (Å²) < 4.78 is 0. The SMILES string of the molecule is CN(C)c1cccc(CNC[C@@H](O)[C@H](Cc2ccccc2)NC(=O)[C@@]2(C)CN(Cc3ccccc3)C(=O)N2)c1. The van der Waals surface area contributed by atoms with Crippen LogP contribution in [0.3, 0.4) is 0 Å². The summed E-state index contributed by atoms with van der Waals surface area (Å²) in [4.78, 5) is 29.9. The van der Waals surface area contributed by atoms with E-state index in [4.69, 9.17) is 0 Å². The number of nitrogens with zero attached hydrogens (tertiary/aromatic N) is 2. The number of hydrogen-bond acceptors (Lipinski definition) is 5. The predicted molar refractivity (Wildman–Crippen MR) is 154 cm³/mol. The quantitative estimate of drug-likeness (QED) is 0.289. The van der Waals surface area contributed by atoms with Crippen molar-refractivity contribution in [2.75, 3.05) is 32.1 Å². The summed E-state index contributed by atoms with van der Waals surface area (Å²) in [6.45, 7) is 3.28. The number of aliphatic hydroxyl groups is 1. The molecule has 3 atom stereocenters. The zero-order chi connectivity index (χ0) is 27.8. The van der Waals surface area contributed by atoms with E-state index in [2.05, 4.69) is 22.0 Å². The maximum absolute atomic E-state index is 13.5. The average molecular weight is 530 g/mol. The largest absolute Gasteiger partial charge is 0.390 e. The molecule has 0 aliphatic carbocycles. The standard InChI is InChI=1S/C31H39N5O3/c1-31(22-36(30(39)34-31)21-24-13-8-5-9-14-24)29(38)33-27(18-23-11-6-4-7-12-23)28(37)20-32-19-25-15-10-16-26(17-25)35(2)3/h4-17,27-28,32,37H,18-22H2,1-3H3,(H,33,38)(H,34,39)/t27-,28+,31+/m0/s1. The number of benzene rings is 3. The molecule has 8 nitrogen and oxygen atoms in total. The van der Waals surface area contributed by atoms with Crippen molar-refractivity contribution in [2.24, 2.45) is 0 Å². The minimum atomic E-state index is -1.11. The summed E-state index contributed by atoms with van der Waals surface area (Å²) in [7, 11) is 4.00. The van der Waals surface area contributed by atoms with Gasteiger partial charge in [-0.05, 0) is 42.2 Å². The number of anilines is 1. The lowest BCUT2D eigenvalue weighted by molar-refractivity contribution is -0.127. The third kappa shape index (κ3) is 7.59. The molecule has 1 heterocycles. The highest BCUT2D eigenvalue weighted by Crippen LogP contribution is 2.20. The number of urea groups is 1. The van der Waals surface area contributed by atoms with E-state index in [0.717, 1.165) is 22.4 Å². The highest BCUT2D eigenvalue weighted by molar-refractivity contribution is 5.94. The maximum atomic E-state index is 13.5. The van der Waals surface area contributed by atoms with Gasteiger partial charge in [0.25, 0.3) is 0 Å². The molecule has 1 saturated heterocycles. The molecule has 39 heavy (non-hydrogen) atoms. The van der Waals surface area contributed by atoms with E-state index in [1.165, 1.54) is 0 Å². The smallest absolute Gasteiger partial charge is 0.318 e. The van der Waals surface area contributed by atoms with Gasteiger partial charge in [0, 0.05) is 39.4 Å². The number of amides is 3. The fraction of sp³-hybridized carbons (Fsp3) is 0.355. The van der Waals surface area contributed by atoms with E-state index < -0.39 is 17.7 Å². The van der Waals surface area contributed by atoms with Crippen LogP contribution in [0.4, 0.5) is 10.5 Å². The van der Waals surface area contributed by atoms with Crippen LogP contribution < -0.4 is 20.9 Å². The second-order valence-corrected chi connectivity index (χ2v) is 10.6. The topological polar surface area (TPSA) is 96.9 Å². The number of hydrogen-bond donors (Lipinski definition) is 4. The molecule has 0 unspecified atom stereocenters. The van der Waals surface area contributed by atoms with Gasteiger partial charge in [-0.1, -0.05) is 72.8 Å². The van der Waals surface area contributed by atoms with Crippen molar-refractivity contribution in [2.45, 2.75) is 44.1 Å². The Morgan fingerprint density at radius 3 is 2.31 bits per heavy atom. The van der Waals surface area contributed by atoms with Crippen molar-refractivity contribution in [1.29, 1.82) is 0 Å². The zero-order valence-electron chi connectivity index (χ0n) is 22.9. The molecule has 0 saturated carbocycles. The van der Waals surface area contributed by atoms with Gasteiger partial charge in [-0.15, -0.1) is 0 Å². The molecule has 206 valence electrons. The van der Waals surface area contributed by atoms with Crippen LogP contribution in [0.1, 0.15) is 23.6 Å². The lowest BCUT2D eigenvalue weighted by Crippen LogP contribution is -2.59. The fourth-order valence-electron chi connectivity index (χ4n) is 4.80. The Balaban J connectivity index is 1.40. The van der Waals surface area contributed by atoms with Crippen LogP contribution in [-0.2, 0) is 24.3 Å². The molecular weight excluding hydrogens is 490 g/mol. The molecule has 1 fully saturated rings. The predicted octanol–water partition coefficient (Wildman–Crippen LogP) is 2.91. The minimum absolute atomic E-state index is 0.237. The fourth-order valence-corrected chi connectivity index (χ4v) is 4.80. The molecule has 3 amide bonds. The van der Waals surface area contributed by atoms with Gasteiger partial charge in [0.15, 0.2) is 0 Å². The van der Waals surface area contributed by atoms with Crippen LogP contribution in [0.25, 0.3) is 0 Å². The van der Waals surface area contributed by atoms with Gasteiger partial charge < -0.3 is 30.9 Å². The third-order valence-corrected chi connectivity index (χ3v) is 7.08. The van der Waals surface area contributed by atoms with Gasteiger partial charge in [-0.3, -0.25) is 4.79 Å². The first-order valence-electron chi connectivity index (χ1n) is 13.3. The Hall–Kier alpha value is -3.88. The molecule has 0 bridgehead atoms. The summed E-state index contributed by atoms with van der Waals surface area (Å²) in [6, 6.07) is 26.9. The average Bonchev–Trinajstić information content (AvgIpc) is 3.23. The molecule has 3 aromatic carbocycles. The van der Waals surface area contributed by atoms with Crippen molar-refractivity contribution in [3.8, 4) is 0 Å². The van der Waals surface area contributed by atoms with Crippen LogP contribution in [0.2, 0.25) is 0 Å². The number of carbonyl (C=O) groups is 2. The van der Waals surface area contributed by atoms with Crippen molar-refractivity contribution in [3.05, 3.63) is 102 Å². The lowest BCUT2D eigenvalue weighted by Gasteiger charge is -2.30. The van der Waals surface area contributed by atoms with Crippen LogP contribution in [0.5, 0.6) is 0 Å². The number of nitrogens with one attached hydrogen (secondary N) is 3.